The summed E-state index contributed by atoms with van der Waals surface area (Å²) >= 11 is 0. The molecule has 1 aromatic heterocycles. The van der Waals surface area contributed by atoms with E-state index in [0.29, 0.717) is 12.4 Å². The first kappa shape index (κ1) is 10.5. The van der Waals surface area contributed by atoms with Crippen molar-refractivity contribution in [2.24, 2.45) is 0 Å². The maximum atomic E-state index is 5.67. The molecule has 0 amide bonds. The zero-order valence-electron chi connectivity index (χ0n) is 9.18. The molecule has 0 fully saturated rings. The number of allylic oxidation sites excluding steroid dienone is 1. The fourth-order valence-electron chi connectivity index (χ4n) is 1.49. The highest BCUT2D eigenvalue weighted by molar-refractivity contribution is 5.85. The van der Waals surface area contributed by atoms with Gasteiger partial charge in [-0.15, -0.1) is 0 Å². The number of ether oxygens (including phenoxy) is 1. The molecule has 82 valence electrons. The Kier molecular flexibility index (Phi) is 3.05. The van der Waals surface area contributed by atoms with Crippen molar-refractivity contribution in [3.63, 3.8) is 0 Å². The predicted molar refractivity (Wildman–Crippen MR) is 66.5 cm³/mol. The molecule has 0 spiro atoms. The minimum atomic E-state index is 0.509. The highest BCUT2D eigenvalue weighted by atomic mass is 16.5. The second-order valence-electron chi connectivity index (χ2n) is 3.44. The monoisotopic (exact) mass is 214 g/mol. The largest absolute Gasteiger partial charge is 0.487 e. The molecule has 0 aliphatic carbocycles. The number of nitrogen functional groups attached to an aromatic ring is 1. The van der Waals surface area contributed by atoms with Gasteiger partial charge in [0, 0.05) is 5.39 Å². The second kappa shape index (κ2) is 4.66. The lowest BCUT2D eigenvalue weighted by atomic mass is 10.2. The van der Waals surface area contributed by atoms with E-state index in [1.807, 2.05) is 43.3 Å². The van der Waals surface area contributed by atoms with Crippen LogP contribution < -0.4 is 10.5 Å². The first-order valence-electron chi connectivity index (χ1n) is 5.20. The molecule has 2 rings (SSSR count). The molecule has 0 atom stereocenters. The molecule has 2 N–H and O–H groups in total. The number of nitrogens with zero attached hydrogens (tertiary/aromatic N) is 1. The van der Waals surface area contributed by atoms with E-state index in [0.717, 1.165) is 16.7 Å². The molecule has 1 heterocycles. The minimum absolute atomic E-state index is 0.509. The number of para-hydroxylation sites is 1. The van der Waals surface area contributed by atoms with Gasteiger partial charge in [-0.3, -0.25) is 0 Å². The van der Waals surface area contributed by atoms with Crippen LogP contribution in [0.15, 0.2) is 42.5 Å². The van der Waals surface area contributed by atoms with Crippen molar-refractivity contribution in [3.05, 3.63) is 42.5 Å². The SMILES string of the molecule is C/C=C/COc1cccc2ccc(N)nc12. The van der Waals surface area contributed by atoms with Crippen LogP contribution in [0.3, 0.4) is 0 Å². The van der Waals surface area contributed by atoms with Crippen molar-refractivity contribution in [3.8, 4) is 5.75 Å². The minimum Gasteiger partial charge on any atom is -0.487 e. The zero-order valence-corrected chi connectivity index (χ0v) is 9.18. The van der Waals surface area contributed by atoms with Crippen molar-refractivity contribution in [1.29, 1.82) is 0 Å². The van der Waals surface area contributed by atoms with E-state index >= 15 is 0 Å². The van der Waals surface area contributed by atoms with Crippen LogP contribution in [0.5, 0.6) is 5.75 Å². The third-order valence-electron chi connectivity index (χ3n) is 2.28. The fourth-order valence-corrected chi connectivity index (χ4v) is 1.49. The Morgan fingerprint density at radius 2 is 2.19 bits per heavy atom. The first-order valence-corrected chi connectivity index (χ1v) is 5.20. The molecule has 0 saturated carbocycles. The summed E-state index contributed by atoms with van der Waals surface area (Å²) in [7, 11) is 0. The van der Waals surface area contributed by atoms with Gasteiger partial charge in [0.25, 0.3) is 0 Å². The smallest absolute Gasteiger partial charge is 0.146 e. The summed E-state index contributed by atoms with van der Waals surface area (Å²) in [6.45, 7) is 2.51. The Morgan fingerprint density at radius 1 is 1.31 bits per heavy atom. The van der Waals surface area contributed by atoms with Crippen LogP contribution in [-0.2, 0) is 0 Å². The number of aromatic nitrogens is 1. The Bertz CT molecular complexity index is 520. The van der Waals surface area contributed by atoms with E-state index < -0.39 is 0 Å². The quantitative estimate of drug-likeness (QED) is 0.799. The van der Waals surface area contributed by atoms with Gasteiger partial charge in [0.1, 0.15) is 23.7 Å². The van der Waals surface area contributed by atoms with Crippen molar-refractivity contribution in [2.45, 2.75) is 6.92 Å². The standard InChI is InChI=1S/C13H14N2O/c1-2-3-9-16-11-6-4-5-10-7-8-12(14)15-13(10)11/h2-8H,9H2,1H3,(H2,14,15)/b3-2+. The third-order valence-corrected chi connectivity index (χ3v) is 2.28. The van der Waals surface area contributed by atoms with Gasteiger partial charge in [0.15, 0.2) is 0 Å². The van der Waals surface area contributed by atoms with Gasteiger partial charge in [0.2, 0.25) is 0 Å². The lowest BCUT2D eigenvalue weighted by Crippen LogP contribution is -1.96. The lowest BCUT2D eigenvalue weighted by molar-refractivity contribution is 0.366. The predicted octanol–water partition coefficient (Wildman–Crippen LogP) is 2.77. The maximum absolute atomic E-state index is 5.67. The van der Waals surface area contributed by atoms with Crippen LogP contribution in [0.4, 0.5) is 5.82 Å². The van der Waals surface area contributed by atoms with Crippen LogP contribution in [0.25, 0.3) is 10.9 Å². The number of hydrogen-bond donors (Lipinski definition) is 1. The highest BCUT2D eigenvalue weighted by Crippen LogP contribution is 2.24. The maximum Gasteiger partial charge on any atom is 0.146 e. The van der Waals surface area contributed by atoms with Gasteiger partial charge < -0.3 is 10.5 Å². The van der Waals surface area contributed by atoms with E-state index in [2.05, 4.69) is 4.98 Å². The highest BCUT2D eigenvalue weighted by Gasteiger charge is 2.02. The summed E-state index contributed by atoms with van der Waals surface area (Å²) in [5.74, 6) is 1.28. The van der Waals surface area contributed by atoms with Gasteiger partial charge in [-0.1, -0.05) is 24.3 Å². The molecule has 3 heteroatoms. The Hall–Kier alpha value is -2.03. The molecular weight excluding hydrogens is 200 g/mol. The average molecular weight is 214 g/mol. The third kappa shape index (κ3) is 2.14. The molecule has 1 aromatic carbocycles. The van der Waals surface area contributed by atoms with E-state index in [4.69, 9.17) is 10.5 Å². The fraction of sp³-hybridized carbons (Fsp3) is 0.154. The van der Waals surface area contributed by atoms with Crippen molar-refractivity contribution in [1.82, 2.24) is 4.98 Å². The number of pyridine rings is 1. The van der Waals surface area contributed by atoms with Gasteiger partial charge in [-0.05, 0) is 25.1 Å². The molecule has 0 radical (unpaired) electrons. The summed E-state index contributed by atoms with van der Waals surface area (Å²) in [6, 6.07) is 9.58. The number of nitrogens with two attached hydrogens (primary N) is 1. The Balaban J connectivity index is 2.39. The summed E-state index contributed by atoms with van der Waals surface area (Å²) in [6.07, 6.45) is 3.90. The van der Waals surface area contributed by atoms with E-state index in [9.17, 15) is 0 Å². The number of fused-ring (bicyclic) bond motifs is 1. The normalized spacial score (nSPS) is 11.1. The summed E-state index contributed by atoms with van der Waals surface area (Å²) in [4.78, 5) is 4.28. The van der Waals surface area contributed by atoms with Crippen LogP contribution in [-0.4, -0.2) is 11.6 Å². The number of anilines is 1. The van der Waals surface area contributed by atoms with Crippen molar-refractivity contribution < 1.29 is 4.74 Å². The first-order chi connectivity index (χ1) is 7.81. The number of rotatable bonds is 3. The lowest BCUT2D eigenvalue weighted by Gasteiger charge is -2.06. The van der Waals surface area contributed by atoms with Gasteiger partial charge in [-0.25, -0.2) is 4.98 Å². The van der Waals surface area contributed by atoms with Crippen LogP contribution in [0, 0.1) is 0 Å². The molecule has 0 bridgehead atoms. The average Bonchev–Trinajstić information content (AvgIpc) is 2.30. The van der Waals surface area contributed by atoms with E-state index in [1.54, 1.807) is 6.07 Å². The molecule has 0 saturated heterocycles. The van der Waals surface area contributed by atoms with Gasteiger partial charge in [0.05, 0.1) is 0 Å². The van der Waals surface area contributed by atoms with Crippen LogP contribution in [0.1, 0.15) is 6.92 Å². The summed E-state index contributed by atoms with van der Waals surface area (Å²) < 4.78 is 5.61. The van der Waals surface area contributed by atoms with Gasteiger partial charge in [-0.2, -0.15) is 0 Å². The molecule has 0 unspecified atom stereocenters. The molecule has 2 aromatic rings. The zero-order chi connectivity index (χ0) is 11.4. The topological polar surface area (TPSA) is 48.1 Å². The second-order valence-corrected chi connectivity index (χ2v) is 3.44. The number of benzene rings is 1. The molecule has 0 aliphatic rings. The molecule has 3 nitrogen and oxygen atoms in total. The van der Waals surface area contributed by atoms with Crippen LogP contribution >= 0.6 is 0 Å². The van der Waals surface area contributed by atoms with Crippen molar-refractivity contribution >= 4 is 16.7 Å². The Labute approximate surface area is 94.6 Å². The molecule has 0 aliphatic heterocycles. The molecule has 16 heavy (non-hydrogen) atoms. The van der Waals surface area contributed by atoms with E-state index in [-0.39, 0.29) is 0 Å². The van der Waals surface area contributed by atoms with Crippen LogP contribution in [0.2, 0.25) is 0 Å². The van der Waals surface area contributed by atoms with Gasteiger partial charge >= 0.3 is 0 Å². The molecular formula is C13H14N2O. The Morgan fingerprint density at radius 3 is 3.00 bits per heavy atom. The van der Waals surface area contributed by atoms with Crippen molar-refractivity contribution in [2.75, 3.05) is 12.3 Å². The van der Waals surface area contributed by atoms with E-state index in [1.165, 1.54) is 0 Å². The number of hydrogen-bond acceptors (Lipinski definition) is 3. The summed E-state index contributed by atoms with van der Waals surface area (Å²) in [5.41, 5.74) is 6.48. The summed E-state index contributed by atoms with van der Waals surface area (Å²) in [5, 5.41) is 1.03.